The highest BCUT2D eigenvalue weighted by Gasteiger charge is 2.31. The van der Waals surface area contributed by atoms with Crippen molar-refractivity contribution in [1.82, 2.24) is 0 Å². The number of carbonyl (C=O) groups excluding carboxylic acids is 1. The Bertz CT molecular complexity index is 365. The lowest BCUT2D eigenvalue weighted by Gasteiger charge is -2.15. The molecular formula is C10H10N2OS. The van der Waals surface area contributed by atoms with Gasteiger partial charge in [0.05, 0.1) is 10.8 Å². The fourth-order valence-corrected chi connectivity index (χ4v) is 2.63. The van der Waals surface area contributed by atoms with Crippen molar-refractivity contribution < 1.29 is 4.79 Å². The van der Waals surface area contributed by atoms with Gasteiger partial charge in [0, 0.05) is 11.6 Å². The largest absolute Gasteiger partial charge is 0.367 e. The van der Waals surface area contributed by atoms with Crippen LogP contribution in [0, 0.1) is 18.3 Å². The topological polar surface area (TPSA) is 41.8 Å². The maximum Gasteiger partial charge on any atom is 0.367 e. The summed E-state index contributed by atoms with van der Waals surface area (Å²) in [6, 6.07) is -0.363. The van der Waals surface area contributed by atoms with E-state index in [2.05, 4.69) is 15.9 Å². The molecule has 2 aliphatic rings. The van der Waals surface area contributed by atoms with Crippen LogP contribution in [0.25, 0.3) is 0 Å². The van der Waals surface area contributed by atoms with Gasteiger partial charge in [0.2, 0.25) is 0 Å². The zero-order valence-electron chi connectivity index (χ0n) is 7.69. The van der Waals surface area contributed by atoms with Crippen LogP contribution in [0.1, 0.15) is 19.3 Å². The lowest BCUT2D eigenvalue weighted by Crippen LogP contribution is -2.22. The van der Waals surface area contributed by atoms with Gasteiger partial charge in [-0.1, -0.05) is 17.7 Å². The number of hydrogen-bond acceptors (Lipinski definition) is 2. The summed E-state index contributed by atoms with van der Waals surface area (Å²) in [6.07, 6.45) is 8.27. The van der Waals surface area contributed by atoms with Gasteiger partial charge in [0.15, 0.2) is 0 Å². The fraction of sp³-hybridized carbons (Fsp3) is 0.500. The first kappa shape index (κ1) is 9.47. The van der Waals surface area contributed by atoms with E-state index in [9.17, 15) is 4.79 Å². The molecule has 1 saturated carbocycles. The molecule has 1 unspecified atom stereocenters. The first-order chi connectivity index (χ1) is 6.81. The Kier molecular flexibility index (Phi) is 2.69. The van der Waals surface area contributed by atoms with Crippen LogP contribution in [-0.4, -0.2) is 22.5 Å². The minimum Gasteiger partial charge on any atom is -0.244 e. The summed E-state index contributed by atoms with van der Waals surface area (Å²) >= 11 is 1.49. The number of aliphatic imine (C=N–C) groups is 2. The zero-order chi connectivity index (χ0) is 9.97. The Morgan fingerprint density at radius 3 is 3.21 bits per heavy atom. The summed E-state index contributed by atoms with van der Waals surface area (Å²) in [4.78, 5) is 19.0. The predicted molar refractivity (Wildman–Crippen MR) is 58.9 cm³/mol. The van der Waals surface area contributed by atoms with Gasteiger partial charge in [-0.2, -0.15) is 4.99 Å². The van der Waals surface area contributed by atoms with E-state index in [1.165, 1.54) is 11.8 Å². The quantitative estimate of drug-likeness (QED) is 0.617. The monoisotopic (exact) mass is 206 g/mol. The third-order valence-corrected chi connectivity index (χ3v) is 3.36. The number of urea groups is 1. The van der Waals surface area contributed by atoms with Crippen LogP contribution in [0.3, 0.4) is 0 Å². The van der Waals surface area contributed by atoms with Gasteiger partial charge in [0.1, 0.15) is 0 Å². The number of thioether (sulfide) groups is 1. The van der Waals surface area contributed by atoms with Gasteiger partial charge >= 0.3 is 6.03 Å². The van der Waals surface area contributed by atoms with Crippen molar-refractivity contribution in [2.24, 2.45) is 15.9 Å². The molecule has 3 nitrogen and oxygen atoms in total. The van der Waals surface area contributed by atoms with E-state index in [4.69, 9.17) is 6.42 Å². The summed E-state index contributed by atoms with van der Waals surface area (Å²) in [7, 11) is 0. The van der Waals surface area contributed by atoms with Crippen molar-refractivity contribution in [3.63, 3.8) is 0 Å². The molecule has 0 aromatic rings. The van der Waals surface area contributed by atoms with Gasteiger partial charge in [-0.25, -0.2) is 9.79 Å². The summed E-state index contributed by atoms with van der Waals surface area (Å²) in [5, 5.41) is 0.871. The third kappa shape index (κ3) is 1.73. The van der Waals surface area contributed by atoms with E-state index >= 15 is 0 Å². The Morgan fingerprint density at radius 2 is 2.43 bits per heavy atom. The number of fused-ring (bicyclic) bond motifs is 1. The highest BCUT2D eigenvalue weighted by atomic mass is 32.2. The molecule has 0 N–H and O–H groups in total. The van der Waals surface area contributed by atoms with E-state index in [1.807, 2.05) is 0 Å². The minimum atomic E-state index is -0.363. The molecule has 72 valence electrons. The molecule has 1 atom stereocenters. The highest BCUT2D eigenvalue weighted by molar-refractivity contribution is 8.14. The number of hydrogen-bond donors (Lipinski definition) is 0. The third-order valence-electron chi connectivity index (χ3n) is 2.37. The normalized spacial score (nSPS) is 25.1. The van der Waals surface area contributed by atoms with Crippen molar-refractivity contribution in [1.29, 1.82) is 0 Å². The van der Waals surface area contributed by atoms with Crippen LogP contribution in [0.5, 0.6) is 0 Å². The van der Waals surface area contributed by atoms with Crippen LogP contribution in [0.2, 0.25) is 0 Å². The van der Waals surface area contributed by atoms with Crippen molar-refractivity contribution in [2.75, 3.05) is 5.75 Å². The minimum absolute atomic E-state index is 0.283. The predicted octanol–water partition coefficient (Wildman–Crippen LogP) is 2.13. The summed E-state index contributed by atoms with van der Waals surface area (Å²) < 4.78 is 0. The van der Waals surface area contributed by atoms with Gasteiger partial charge < -0.3 is 0 Å². The molecular weight excluding hydrogens is 196 g/mol. The molecule has 2 rings (SSSR count). The SMILES string of the molecule is C#CCSC1=NC(=O)N=C2CCCC21. The molecule has 0 aromatic heterocycles. The smallest absolute Gasteiger partial charge is 0.244 e. The van der Waals surface area contributed by atoms with Gasteiger partial charge in [-0.05, 0) is 19.3 Å². The average molecular weight is 206 g/mol. The van der Waals surface area contributed by atoms with Crippen molar-refractivity contribution >= 4 is 28.5 Å². The first-order valence-corrected chi connectivity index (χ1v) is 5.56. The molecule has 4 heteroatoms. The highest BCUT2D eigenvalue weighted by Crippen LogP contribution is 2.31. The first-order valence-electron chi connectivity index (χ1n) is 4.57. The lowest BCUT2D eigenvalue weighted by molar-refractivity contribution is 0.256. The average Bonchev–Trinajstić information content (AvgIpc) is 2.61. The molecule has 1 aliphatic heterocycles. The van der Waals surface area contributed by atoms with E-state index in [1.54, 1.807) is 0 Å². The van der Waals surface area contributed by atoms with Gasteiger partial charge in [-0.3, -0.25) is 0 Å². The molecule has 0 bridgehead atoms. The Hall–Kier alpha value is -1.08. The summed E-state index contributed by atoms with van der Waals surface area (Å²) in [5.41, 5.74) is 1.00. The fourth-order valence-electron chi connectivity index (χ4n) is 1.80. The van der Waals surface area contributed by atoms with E-state index in [0.717, 1.165) is 30.0 Å². The van der Waals surface area contributed by atoms with E-state index in [0.29, 0.717) is 5.75 Å². The second kappa shape index (κ2) is 3.97. The molecule has 0 radical (unpaired) electrons. The molecule has 0 saturated heterocycles. The molecule has 14 heavy (non-hydrogen) atoms. The van der Waals surface area contributed by atoms with Crippen molar-refractivity contribution in [3.8, 4) is 12.3 Å². The number of nitrogens with zero attached hydrogens (tertiary/aromatic N) is 2. The molecule has 1 heterocycles. The number of amides is 2. The standard InChI is InChI=1S/C10H10N2OS/c1-2-6-14-9-7-4-3-5-8(7)11-10(13)12-9/h1,7H,3-6H2. The number of terminal acetylenes is 1. The number of rotatable bonds is 1. The van der Waals surface area contributed by atoms with E-state index in [-0.39, 0.29) is 11.9 Å². The molecule has 0 spiro atoms. The maximum absolute atomic E-state index is 11.1. The van der Waals surface area contributed by atoms with Crippen LogP contribution >= 0.6 is 11.8 Å². The Morgan fingerprint density at radius 1 is 1.57 bits per heavy atom. The molecule has 2 amide bonds. The van der Waals surface area contributed by atoms with Gasteiger partial charge in [0.25, 0.3) is 0 Å². The molecule has 0 aromatic carbocycles. The van der Waals surface area contributed by atoms with Crippen LogP contribution in [0.15, 0.2) is 9.98 Å². The second-order valence-electron chi connectivity index (χ2n) is 3.27. The van der Waals surface area contributed by atoms with Crippen molar-refractivity contribution in [3.05, 3.63) is 0 Å². The maximum atomic E-state index is 11.1. The number of carbonyl (C=O) groups is 1. The zero-order valence-corrected chi connectivity index (χ0v) is 8.51. The van der Waals surface area contributed by atoms with E-state index < -0.39 is 0 Å². The lowest BCUT2D eigenvalue weighted by atomic mass is 10.1. The van der Waals surface area contributed by atoms with Crippen molar-refractivity contribution in [2.45, 2.75) is 19.3 Å². The van der Waals surface area contributed by atoms with Crippen LogP contribution in [0.4, 0.5) is 4.79 Å². The Balaban J connectivity index is 2.16. The van der Waals surface area contributed by atoms with Gasteiger partial charge in [-0.15, -0.1) is 6.42 Å². The summed E-state index contributed by atoms with van der Waals surface area (Å²) in [6.45, 7) is 0. The summed E-state index contributed by atoms with van der Waals surface area (Å²) in [5.74, 6) is 3.40. The van der Waals surface area contributed by atoms with Crippen LogP contribution in [-0.2, 0) is 0 Å². The molecule has 1 aliphatic carbocycles. The second-order valence-corrected chi connectivity index (χ2v) is 4.27. The molecule has 1 fully saturated rings. The van der Waals surface area contributed by atoms with Crippen LogP contribution < -0.4 is 0 Å². The Labute approximate surface area is 87.1 Å².